The fourth-order valence-corrected chi connectivity index (χ4v) is 3.20. The van der Waals surface area contributed by atoms with Crippen molar-refractivity contribution >= 4 is 23.2 Å². The fraction of sp³-hybridized carbons (Fsp3) is 0.208. The lowest BCUT2D eigenvalue weighted by Gasteiger charge is -2.11. The molecule has 0 N–H and O–H groups in total. The van der Waals surface area contributed by atoms with Crippen LogP contribution in [0.2, 0.25) is 0 Å². The molecule has 0 saturated carbocycles. The van der Waals surface area contributed by atoms with Crippen LogP contribution >= 0.6 is 0 Å². The Hall–Kier alpha value is -3.27. The summed E-state index contributed by atoms with van der Waals surface area (Å²) in [5, 5.41) is 0. The van der Waals surface area contributed by atoms with E-state index in [0.29, 0.717) is 19.1 Å². The Morgan fingerprint density at radius 3 is 2.57 bits per heavy atom. The van der Waals surface area contributed by atoms with Gasteiger partial charge in [-0.25, -0.2) is 4.98 Å². The molecule has 0 saturated heterocycles. The van der Waals surface area contributed by atoms with Crippen molar-refractivity contribution in [2.45, 2.75) is 26.3 Å². The molecule has 4 heteroatoms. The number of imidazole rings is 1. The molecule has 28 heavy (non-hydrogen) atoms. The number of nitrogens with zero attached hydrogens (tertiary/aromatic N) is 2. The predicted octanol–water partition coefficient (Wildman–Crippen LogP) is 6.00. The van der Waals surface area contributed by atoms with Crippen LogP contribution in [0.15, 0.2) is 71.3 Å². The van der Waals surface area contributed by atoms with Gasteiger partial charge in [-0.1, -0.05) is 38.1 Å². The molecular formula is C24H24N2O2. The van der Waals surface area contributed by atoms with Gasteiger partial charge in [-0.3, -0.25) is 0 Å². The monoisotopic (exact) mass is 372 g/mol. The highest BCUT2D eigenvalue weighted by Crippen LogP contribution is 2.20. The average molecular weight is 372 g/mol. The van der Waals surface area contributed by atoms with Crippen molar-refractivity contribution in [1.29, 1.82) is 0 Å². The van der Waals surface area contributed by atoms with E-state index in [1.54, 1.807) is 6.26 Å². The first-order valence-electron chi connectivity index (χ1n) is 9.60. The highest BCUT2D eigenvalue weighted by molar-refractivity contribution is 5.79. The summed E-state index contributed by atoms with van der Waals surface area (Å²) in [7, 11) is 0. The minimum absolute atomic E-state index is 0.523. The molecule has 4 rings (SSSR count). The third kappa shape index (κ3) is 4.01. The number of benzene rings is 2. The predicted molar refractivity (Wildman–Crippen MR) is 113 cm³/mol. The number of fused-ring (bicyclic) bond motifs is 1. The van der Waals surface area contributed by atoms with E-state index in [4.69, 9.17) is 14.1 Å². The molecule has 0 aliphatic heterocycles. The van der Waals surface area contributed by atoms with E-state index in [2.05, 4.69) is 36.6 Å². The summed E-state index contributed by atoms with van der Waals surface area (Å²) in [6.45, 7) is 5.67. The average Bonchev–Trinajstić information content (AvgIpc) is 3.35. The molecule has 2 aromatic carbocycles. The summed E-state index contributed by atoms with van der Waals surface area (Å²) in [6, 6.07) is 20.3. The first-order chi connectivity index (χ1) is 13.7. The van der Waals surface area contributed by atoms with Gasteiger partial charge >= 0.3 is 0 Å². The summed E-state index contributed by atoms with van der Waals surface area (Å²) >= 11 is 0. The molecule has 2 aromatic heterocycles. The lowest BCUT2D eigenvalue weighted by molar-refractivity contribution is 0.299. The van der Waals surface area contributed by atoms with Crippen molar-refractivity contribution in [2.24, 2.45) is 0 Å². The smallest absolute Gasteiger partial charge is 0.134 e. The molecule has 0 aliphatic carbocycles. The van der Waals surface area contributed by atoms with Crippen LogP contribution in [0, 0.1) is 0 Å². The quantitative estimate of drug-likeness (QED) is 0.399. The van der Waals surface area contributed by atoms with Crippen molar-refractivity contribution in [3.05, 3.63) is 84.1 Å². The van der Waals surface area contributed by atoms with Gasteiger partial charge < -0.3 is 13.7 Å². The van der Waals surface area contributed by atoms with Gasteiger partial charge in [-0.15, -0.1) is 0 Å². The molecule has 0 amide bonds. The number of aromatic nitrogens is 2. The number of hydrogen-bond donors (Lipinski definition) is 0. The molecule has 0 spiro atoms. The van der Waals surface area contributed by atoms with Gasteiger partial charge in [0.25, 0.3) is 0 Å². The zero-order valence-corrected chi connectivity index (χ0v) is 16.2. The molecule has 4 aromatic rings. The molecule has 0 radical (unpaired) electrons. The number of hydrogen-bond acceptors (Lipinski definition) is 3. The van der Waals surface area contributed by atoms with Crippen LogP contribution in [0.5, 0.6) is 5.75 Å². The second-order valence-electron chi connectivity index (χ2n) is 7.03. The minimum atomic E-state index is 0.523. The topological polar surface area (TPSA) is 40.2 Å². The van der Waals surface area contributed by atoms with E-state index in [1.165, 1.54) is 5.56 Å². The second-order valence-corrected chi connectivity index (χ2v) is 7.03. The first kappa shape index (κ1) is 18.1. The zero-order chi connectivity index (χ0) is 19.3. The Labute approximate surface area is 165 Å². The number of rotatable bonds is 7. The maximum atomic E-state index is 5.98. The van der Waals surface area contributed by atoms with E-state index in [1.807, 2.05) is 54.6 Å². The van der Waals surface area contributed by atoms with E-state index in [0.717, 1.165) is 28.4 Å². The van der Waals surface area contributed by atoms with Gasteiger partial charge in [0.15, 0.2) is 0 Å². The van der Waals surface area contributed by atoms with Crippen LogP contribution < -0.4 is 4.74 Å². The van der Waals surface area contributed by atoms with E-state index in [9.17, 15) is 0 Å². The maximum absolute atomic E-state index is 5.98. The zero-order valence-electron chi connectivity index (χ0n) is 16.2. The van der Waals surface area contributed by atoms with Crippen molar-refractivity contribution in [1.82, 2.24) is 9.55 Å². The maximum Gasteiger partial charge on any atom is 0.134 e. The van der Waals surface area contributed by atoms with Crippen molar-refractivity contribution in [3.63, 3.8) is 0 Å². The van der Waals surface area contributed by atoms with Crippen LogP contribution in [-0.4, -0.2) is 16.2 Å². The van der Waals surface area contributed by atoms with Crippen LogP contribution in [-0.2, 0) is 6.54 Å². The number of furan rings is 1. The van der Waals surface area contributed by atoms with E-state index >= 15 is 0 Å². The summed E-state index contributed by atoms with van der Waals surface area (Å²) in [5.41, 5.74) is 3.39. The van der Waals surface area contributed by atoms with Crippen LogP contribution in [0.3, 0.4) is 0 Å². The van der Waals surface area contributed by atoms with Gasteiger partial charge in [-0.05, 0) is 60.0 Å². The summed E-state index contributed by atoms with van der Waals surface area (Å²) in [5.74, 6) is 3.10. The third-order valence-electron chi connectivity index (χ3n) is 4.75. The summed E-state index contributed by atoms with van der Waals surface area (Å²) in [6.07, 6.45) is 5.58. The van der Waals surface area contributed by atoms with Crippen LogP contribution in [0.4, 0.5) is 0 Å². The molecule has 0 aliphatic rings. The molecule has 0 atom stereocenters. The molecule has 142 valence electrons. The number of para-hydroxylation sites is 2. The summed E-state index contributed by atoms with van der Waals surface area (Å²) < 4.78 is 13.5. The highest BCUT2D eigenvalue weighted by atomic mass is 16.5. The molecule has 0 fully saturated rings. The molecular weight excluding hydrogens is 348 g/mol. The minimum Gasteiger partial charge on any atom is -0.492 e. The summed E-state index contributed by atoms with van der Waals surface area (Å²) in [4.78, 5) is 4.75. The lowest BCUT2D eigenvalue weighted by Crippen LogP contribution is -2.09. The van der Waals surface area contributed by atoms with E-state index in [-0.39, 0.29) is 0 Å². The van der Waals surface area contributed by atoms with E-state index < -0.39 is 0 Å². The Morgan fingerprint density at radius 1 is 1.00 bits per heavy atom. The van der Waals surface area contributed by atoms with Gasteiger partial charge in [0, 0.05) is 0 Å². The Kier molecular flexibility index (Phi) is 5.29. The standard InChI is InChI=1S/C24H24N2O2/c1-18(2)19-9-11-21(12-10-19)28-17-15-26-23-8-4-3-7-22(23)25-24(26)14-13-20-6-5-16-27-20/h3-14,16,18H,15,17H2,1-2H3/b14-13+. The Balaban J connectivity index is 1.51. The molecule has 2 heterocycles. The first-order valence-corrected chi connectivity index (χ1v) is 9.60. The van der Waals surface area contributed by atoms with Crippen molar-refractivity contribution in [3.8, 4) is 5.75 Å². The van der Waals surface area contributed by atoms with Crippen molar-refractivity contribution in [2.75, 3.05) is 6.61 Å². The Bertz CT molecular complexity index is 1060. The Morgan fingerprint density at radius 2 is 1.82 bits per heavy atom. The van der Waals surface area contributed by atoms with Crippen molar-refractivity contribution < 1.29 is 9.15 Å². The third-order valence-corrected chi connectivity index (χ3v) is 4.75. The highest BCUT2D eigenvalue weighted by Gasteiger charge is 2.08. The fourth-order valence-electron chi connectivity index (χ4n) is 3.20. The van der Waals surface area contributed by atoms with Gasteiger partial charge in [0.05, 0.1) is 23.8 Å². The second kappa shape index (κ2) is 8.17. The molecule has 4 nitrogen and oxygen atoms in total. The lowest BCUT2D eigenvalue weighted by atomic mass is 10.0. The van der Waals surface area contributed by atoms with Crippen LogP contribution in [0.25, 0.3) is 23.2 Å². The largest absolute Gasteiger partial charge is 0.492 e. The number of ether oxygens (including phenoxy) is 1. The van der Waals surface area contributed by atoms with Gasteiger partial charge in [0.2, 0.25) is 0 Å². The SMILES string of the molecule is CC(C)c1ccc(OCCn2c(/C=C/c3ccco3)nc3ccccc32)cc1. The normalized spacial score (nSPS) is 11.7. The molecule has 0 bridgehead atoms. The van der Waals surface area contributed by atoms with Crippen LogP contribution in [0.1, 0.15) is 36.9 Å². The molecule has 0 unspecified atom stereocenters. The van der Waals surface area contributed by atoms with Gasteiger partial charge in [-0.2, -0.15) is 0 Å². The van der Waals surface area contributed by atoms with Gasteiger partial charge in [0.1, 0.15) is 23.9 Å².